The van der Waals surface area contributed by atoms with Gasteiger partial charge in [-0.1, -0.05) is 37.0 Å². The van der Waals surface area contributed by atoms with Gasteiger partial charge in [-0.05, 0) is 31.7 Å². The van der Waals surface area contributed by atoms with E-state index in [-0.39, 0.29) is 5.92 Å². The molecule has 0 spiro atoms. The Balaban J connectivity index is 2.37. The van der Waals surface area contributed by atoms with E-state index < -0.39 is 11.9 Å². The van der Waals surface area contributed by atoms with Crippen LogP contribution in [0.4, 0.5) is 0 Å². The summed E-state index contributed by atoms with van der Waals surface area (Å²) in [4.78, 5) is 11.7. The monoisotopic (exact) mass is 262 g/mol. The van der Waals surface area contributed by atoms with E-state index in [1.807, 2.05) is 25.1 Å². The Morgan fingerprint density at radius 1 is 1.32 bits per heavy atom. The fourth-order valence-corrected chi connectivity index (χ4v) is 3.15. The first-order valence-electron chi connectivity index (χ1n) is 7.01. The number of benzene rings is 1. The molecule has 1 aromatic rings. The summed E-state index contributed by atoms with van der Waals surface area (Å²) in [5.74, 6) is -0.225. The molecule has 1 unspecified atom stereocenters. The maximum Gasteiger partial charge on any atom is 0.311 e. The molecule has 1 saturated carbocycles. The van der Waals surface area contributed by atoms with Crippen LogP contribution < -0.4 is 4.74 Å². The minimum absolute atomic E-state index is 0.238. The highest BCUT2D eigenvalue weighted by Crippen LogP contribution is 2.40. The smallest absolute Gasteiger partial charge is 0.311 e. The molecule has 1 aliphatic rings. The van der Waals surface area contributed by atoms with Gasteiger partial charge in [0.05, 0.1) is 13.0 Å². The summed E-state index contributed by atoms with van der Waals surface area (Å²) in [5, 5.41) is 9.63. The van der Waals surface area contributed by atoms with Crippen molar-refractivity contribution in [3.8, 4) is 5.75 Å². The third-order valence-electron chi connectivity index (χ3n) is 4.11. The highest BCUT2D eigenvalue weighted by Gasteiger charge is 2.32. The summed E-state index contributed by atoms with van der Waals surface area (Å²) in [6, 6.07) is 5.80. The topological polar surface area (TPSA) is 46.5 Å². The van der Waals surface area contributed by atoms with Crippen LogP contribution in [0.2, 0.25) is 0 Å². The van der Waals surface area contributed by atoms with Crippen LogP contribution in [0.15, 0.2) is 18.2 Å². The van der Waals surface area contributed by atoms with Gasteiger partial charge in [0.2, 0.25) is 0 Å². The molecule has 3 heteroatoms. The zero-order valence-corrected chi connectivity index (χ0v) is 11.7. The number of aliphatic carboxylic acids is 1. The van der Waals surface area contributed by atoms with Crippen LogP contribution >= 0.6 is 0 Å². The molecule has 0 bridgehead atoms. The van der Waals surface area contributed by atoms with Crippen molar-refractivity contribution in [2.45, 2.75) is 44.9 Å². The van der Waals surface area contributed by atoms with E-state index in [0.29, 0.717) is 5.75 Å². The minimum Gasteiger partial charge on any atom is -0.496 e. The van der Waals surface area contributed by atoms with Gasteiger partial charge in [0.15, 0.2) is 0 Å². The van der Waals surface area contributed by atoms with Gasteiger partial charge in [0.1, 0.15) is 5.75 Å². The Morgan fingerprint density at radius 2 is 2.00 bits per heavy atom. The molecular formula is C16H22O3. The summed E-state index contributed by atoms with van der Waals surface area (Å²) < 4.78 is 5.36. The molecule has 104 valence electrons. The van der Waals surface area contributed by atoms with Crippen molar-refractivity contribution in [2.24, 2.45) is 5.92 Å². The summed E-state index contributed by atoms with van der Waals surface area (Å²) >= 11 is 0. The number of methoxy groups -OCH3 is 1. The van der Waals surface area contributed by atoms with E-state index in [4.69, 9.17) is 4.74 Å². The van der Waals surface area contributed by atoms with Crippen molar-refractivity contribution >= 4 is 5.97 Å². The fraction of sp³-hybridized carbons (Fsp3) is 0.562. The van der Waals surface area contributed by atoms with E-state index in [1.54, 1.807) is 7.11 Å². The maximum absolute atomic E-state index is 11.7. The number of aryl methyl sites for hydroxylation is 1. The van der Waals surface area contributed by atoms with E-state index >= 15 is 0 Å². The van der Waals surface area contributed by atoms with Gasteiger partial charge in [-0.25, -0.2) is 0 Å². The van der Waals surface area contributed by atoms with Crippen molar-refractivity contribution in [1.29, 1.82) is 0 Å². The molecule has 1 fully saturated rings. The zero-order chi connectivity index (χ0) is 13.8. The van der Waals surface area contributed by atoms with E-state index in [9.17, 15) is 9.90 Å². The van der Waals surface area contributed by atoms with Crippen molar-refractivity contribution in [3.63, 3.8) is 0 Å². The van der Waals surface area contributed by atoms with E-state index in [0.717, 1.165) is 36.8 Å². The van der Waals surface area contributed by atoms with Crippen LogP contribution in [0, 0.1) is 12.8 Å². The third kappa shape index (κ3) is 3.09. The Hall–Kier alpha value is -1.51. The van der Waals surface area contributed by atoms with Gasteiger partial charge < -0.3 is 9.84 Å². The van der Waals surface area contributed by atoms with Gasteiger partial charge in [-0.15, -0.1) is 0 Å². The first-order chi connectivity index (χ1) is 9.13. The molecule has 0 saturated heterocycles. The predicted octanol–water partition coefficient (Wildman–Crippen LogP) is 3.75. The second-order valence-electron chi connectivity index (χ2n) is 5.46. The molecule has 0 heterocycles. The number of carboxylic acids is 1. The SMILES string of the molecule is COc1ccc(C)cc1C(C(=O)O)C1CCCCC1. The van der Waals surface area contributed by atoms with E-state index in [2.05, 4.69) is 0 Å². The number of hydrogen-bond acceptors (Lipinski definition) is 2. The Kier molecular flexibility index (Phi) is 4.46. The predicted molar refractivity (Wildman–Crippen MR) is 74.7 cm³/mol. The number of carboxylic acid groups (broad SMARTS) is 1. The van der Waals surface area contributed by atoms with Crippen LogP contribution in [-0.4, -0.2) is 18.2 Å². The third-order valence-corrected chi connectivity index (χ3v) is 4.11. The summed E-state index contributed by atoms with van der Waals surface area (Å²) in [6.45, 7) is 1.99. The summed E-state index contributed by atoms with van der Waals surface area (Å²) in [6.07, 6.45) is 5.53. The van der Waals surface area contributed by atoms with Crippen molar-refractivity contribution < 1.29 is 14.6 Å². The Labute approximate surface area is 114 Å². The second kappa shape index (κ2) is 6.09. The second-order valence-corrected chi connectivity index (χ2v) is 5.46. The lowest BCUT2D eigenvalue weighted by Crippen LogP contribution is -2.24. The molecule has 2 rings (SSSR count). The largest absolute Gasteiger partial charge is 0.496 e. The van der Waals surface area contributed by atoms with Crippen molar-refractivity contribution in [3.05, 3.63) is 29.3 Å². The van der Waals surface area contributed by atoms with Crippen molar-refractivity contribution in [2.75, 3.05) is 7.11 Å². The molecule has 1 atom stereocenters. The molecule has 1 aromatic carbocycles. The molecule has 0 aliphatic heterocycles. The normalized spacial score (nSPS) is 18.0. The van der Waals surface area contributed by atoms with E-state index in [1.165, 1.54) is 6.42 Å². The van der Waals surface area contributed by atoms with Gasteiger partial charge in [-0.2, -0.15) is 0 Å². The molecule has 0 radical (unpaired) electrons. The quantitative estimate of drug-likeness (QED) is 0.898. The average molecular weight is 262 g/mol. The molecule has 3 nitrogen and oxygen atoms in total. The minimum atomic E-state index is -0.726. The molecule has 19 heavy (non-hydrogen) atoms. The van der Waals surface area contributed by atoms with Gasteiger partial charge >= 0.3 is 5.97 Å². The lowest BCUT2D eigenvalue weighted by atomic mass is 9.76. The highest BCUT2D eigenvalue weighted by atomic mass is 16.5. The number of rotatable bonds is 4. The highest BCUT2D eigenvalue weighted by molar-refractivity contribution is 5.77. The number of ether oxygens (including phenoxy) is 1. The lowest BCUT2D eigenvalue weighted by Gasteiger charge is -2.28. The molecule has 0 amide bonds. The average Bonchev–Trinajstić information content (AvgIpc) is 2.40. The zero-order valence-electron chi connectivity index (χ0n) is 11.7. The fourth-order valence-electron chi connectivity index (χ4n) is 3.15. The summed E-state index contributed by atoms with van der Waals surface area (Å²) in [5.41, 5.74) is 1.92. The van der Waals surface area contributed by atoms with Gasteiger partial charge in [-0.3, -0.25) is 4.79 Å². The molecular weight excluding hydrogens is 240 g/mol. The van der Waals surface area contributed by atoms with Gasteiger partial charge in [0.25, 0.3) is 0 Å². The first kappa shape index (κ1) is 13.9. The standard InChI is InChI=1S/C16H22O3/c1-11-8-9-14(19-2)13(10-11)15(16(17)18)12-6-4-3-5-7-12/h8-10,12,15H,3-7H2,1-2H3,(H,17,18). The number of hydrogen-bond donors (Lipinski definition) is 1. The molecule has 1 aliphatic carbocycles. The molecule has 0 aromatic heterocycles. The summed E-state index contributed by atoms with van der Waals surface area (Å²) in [7, 11) is 1.61. The first-order valence-corrected chi connectivity index (χ1v) is 7.01. The van der Waals surface area contributed by atoms with Crippen molar-refractivity contribution in [1.82, 2.24) is 0 Å². The van der Waals surface area contributed by atoms with Crippen LogP contribution in [0.5, 0.6) is 5.75 Å². The Morgan fingerprint density at radius 3 is 2.58 bits per heavy atom. The van der Waals surface area contributed by atoms with Crippen LogP contribution in [-0.2, 0) is 4.79 Å². The maximum atomic E-state index is 11.7. The van der Waals surface area contributed by atoms with Crippen LogP contribution in [0.25, 0.3) is 0 Å². The number of carbonyl (C=O) groups is 1. The lowest BCUT2D eigenvalue weighted by molar-refractivity contribution is -0.140. The van der Waals surface area contributed by atoms with Gasteiger partial charge in [0, 0.05) is 5.56 Å². The van der Waals surface area contributed by atoms with Crippen LogP contribution in [0.1, 0.15) is 49.1 Å². The van der Waals surface area contributed by atoms with Crippen LogP contribution in [0.3, 0.4) is 0 Å². The Bertz CT molecular complexity index is 447. The molecule has 1 N–H and O–H groups in total.